The van der Waals surface area contributed by atoms with Crippen LogP contribution in [0.2, 0.25) is 0 Å². The lowest BCUT2D eigenvalue weighted by Gasteiger charge is -2.17. The molecule has 0 saturated carbocycles. The monoisotopic (exact) mass is 302 g/mol. The van der Waals surface area contributed by atoms with E-state index < -0.39 is 10.0 Å². The summed E-state index contributed by atoms with van der Waals surface area (Å²) in [4.78, 5) is 0.320. The lowest BCUT2D eigenvalue weighted by molar-refractivity contribution is 0.521. The quantitative estimate of drug-likeness (QED) is 0.841. The predicted molar refractivity (Wildman–Crippen MR) is 83.4 cm³/mol. The van der Waals surface area contributed by atoms with E-state index in [1.54, 1.807) is 23.9 Å². The van der Waals surface area contributed by atoms with Crippen LogP contribution in [0.25, 0.3) is 0 Å². The van der Waals surface area contributed by atoms with E-state index in [2.05, 4.69) is 18.5 Å². The van der Waals surface area contributed by atoms with Gasteiger partial charge in [-0.25, -0.2) is 12.7 Å². The Morgan fingerprint density at radius 2 is 1.84 bits per heavy atom. The highest BCUT2D eigenvalue weighted by Gasteiger charge is 2.16. The maximum atomic E-state index is 11.9. The molecule has 4 nitrogen and oxygen atoms in total. The molecule has 1 rings (SSSR count). The van der Waals surface area contributed by atoms with Crippen molar-refractivity contribution in [2.75, 3.05) is 31.4 Å². The van der Waals surface area contributed by atoms with Crippen molar-refractivity contribution >= 4 is 27.5 Å². The van der Waals surface area contributed by atoms with Gasteiger partial charge in [0.1, 0.15) is 0 Å². The summed E-state index contributed by atoms with van der Waals surface area (Å²) in [5.74, 6) is 1.04. The van der Waals surface area contributed by atoms with Crippen molar-refractivity contribution < 1.29 is 8.42 Å². The van der Waals surface area contributed by atoms with Crippen molar-refractivity contribution in [2.24, 2.45) is 0 Å². The molecule has 1 N–H and O–H groups in total. The zero-order valence-electron chi connectivity index (χ0n) is 11.9. The average molecular weight is 302 g/mol. The largest absolute Gasteiger partial charge is 0.381 e. The molecule has 0 aliphatic rings. The number of hydrogen-bond acceptors (Lipinski definition) is 4. The molecular weight excluding hydrogens is 280 g/mol. The first-order valence-corrected chi connectivity index (χ1v) is 9.03. The third-order valence-electron chi connectivity index (χ3n) is 2.86. The van der Waals surface area contributed by atoms with Crippen molar-refractivity contribution in [2.45, 2.75) is 24.3 Å². The Morgan fingerprint density at radius 1 is 1.26 bits per heavy atom. The van der Waals surface area contributed by atoms with Crippen LogP contribution in [0.15, 0.2) is 29.2 Å². The van der Waals surface area contributed by atoms with Gasteiger partial charge in [0.15, 0.2) is 0 Å². The summed E-state index contributed by atoms with van der Waals surface area (Å²) in [6, 6.07) is 7.33. The number of anilines is 1. The molecule has 19 heavy (non-hydrogen) atoms. The van der Waals surface area contributed by atoms with Gasteiger partial charge in [-0.15, -0.1) is 0 Å². The highest BCUT2D eigenvalue weighted by Crippen LogP contribution is 2.18. The molecule has 0 bridgehead atoms. The van der Waals surface area contributed by atoms with Crippen LogP contribution in [0.5, 0.6) is 0 Å². The lowest BCUT2D eigenvalue weighted by Crippen LogP contribution is -2.23. The lowest BCUT2D eigenvalue weighted by atomic mass is 10.2. The second kappa shape index (κ2) is 7.17. The molecule has 0 fully saturated rings. The van der Waals surface area contributed by atoms with E-state index in [1.165, 1.54) is 18.4 Å². The highest BCUT2D eigenvalue weighted by atomic mass is 32.2. The summed E-state index contributed by atoms with van der Waals surface area (Å²) < 4.78 is 25.1. The van der Waals surface area contributed by atoms with Gasteiger partial charge in [-0.1, -0.05) is 6.92 Å². The van der Waals surface area contributed by atoms with Gasteiger partial charge in [-0.2, -0.15) is 11.8 Å². The number of sulfonamides is 1. The minimum absolute atomic E-state index is 0.320. The van der Waals surface area contributed by atoms with Crippen molar-refractivity contribution in [3.05, 3.63) is 24.3 Å². The number of hydrogen-bond donors (Lipinski definition) is 1. The summed E-state index contributed by atoms with van der Waals surface area (Å²) >= 11 is 1.80. The third-order valence-corrected chi connectivity index (χ3v) is 5.43. The van der Waals surface area contributed by atoms with Crippen molar-refractivity contribution in [3.8, 4) is 0 Å². The van der Waals surface area contributed by atoms with E-state index in [-0.39, 0.29) is 0 Å². The third kappa shape index (κ3) is 4.40. The first-order valence-electron chi connectivity index (χ1n) is 6.20. The molecule has 1 atom stereocenters. The van der Waals surface area contributed by atoms with Gasteiger partial charge in [0.2, 0.25) is 10.0 Å². The molecule has 108 valence electrons. The van der Waals surface area contributed by atoms with Gasteiger partial charge < -0.3 is 5.32 Å². The van der Waals surface area contributed by atoms with Gasteiger partial charge in [-0.3, -0.25) is 0 Å². The zero-order valence-corrected chi connectivity index (χ0v) is 13.5. The van der Waals surface area contributed by atoms with E-state index >= 15 is 0 Å². The fourth-order valence-electron chi connectivity index (χ4n) is 1.63. The molecule has 0 aromatic heterocycles. The van der Waals surface area contributed by atoms with E-state index in [0.29, 0.717) is 10.9 Å². The topological polar surface area (TPSA) is 49.4 Å². The fraction of sp³-hybridized carbons (Fsp3) is 0.538. The Kier molecular flexibility index (Phi) is 6.16. The summed E-state index contributed by atoms with van der Waals surface area (Å²) in [7, 11) is -0.267. The SMILES string of the molecule is CCC(CSC)Nc1ccc(S(=O)(=O)N(C)C)cc1. The summed E-state index contributed by atoms with van der Waals surface area (Å²) in [6.07, 6.45) is 3.12. The Morgan fingerprint density at radius 3 is 2.26 bits per heavy atom. The Balaban J connectivity index is 2.82. The Hall–Kier alpha value is -0.720. The molecule has 1 aromatic rings. The second-order valence-electron chi connectivity index (χ2n) is 4.52. The molecule has 0 aliphatic carbocycles. The number of benzene rings is 1. The van der Waals surface area contributed by atoms with E-state index in [0.717, 1.165) is 17.9 Å². The minimum Gasteiger partial charge on any atom is -0.381 e. The standard InChI is InChI=1S/C13H22N2O2S2/c1-5-11(10-18-4)14-12-6-8-13(9-7-12)19(16,17)15(2)3/h6-9,11,14H,5,10H2,1-4H3. The molecule has 0 heterocycles. The van der Waals surface area contributed by atoms with Crippen LogP contribution in [0, 0.1) is 0 Å². The van der Waals surface area contributed by atoms with E-state index in [9.17, 15) is 8.42 Å². The van der Waals surface area contributed by atoms with Gasteiger partial charge in [0, 0.05) is 31.6 Å². The van der Waals surface area contributed by atoms with Crippen LogP contribution in [0.1, 0.15) is 13.3 Å². The van der Waals surface area contributed by atoms with Crippen LogP contribution < -0.4 is 5.32 Å². The van der Waals surface area contributed by atoms with Crippen LogP contribution in [-0.2, 0) is 10.0 Å². The smallest absolute Gasteiger partial charge is 0.242 e. The average Bonchev–Trinajstić information content (AvgIpc) is 2.38. The van der Waals surface area contributed by atoms with E-state index in [4.69, 9.17) is 0 Å². The van der Waals surface area contributed by atoms with Crippen molar-refractivity contribution in [1.82, 2.24) is 4.31 Å². The first kappa shape index (κ1) is 16.3. The second-order valence-corrected chi connectivity index (χ2v) is 7.58. The number of nitrogens with zero attached hydrogens (tertiary/aromatic N) is 1. The van der Waals surface area contributed by atoms with Crippen molar-refractivity contribution in [3.63, 3.8) is 0 Å². The minimum atomic E-state index is -3.34. The fourth-order valence-corrected chi connectivity index (χ4v) is 3.26. The molecule has 0 saturated heterocycles. The van der Waals surface area contributed by atoms with Crippen LogP contribution >= 0.6 is 11.8 Å². The van der Waals surface area contributed by atoms with Crippen LogP contribution in [0.3, 0.4) is 0 Å². The summed E-state index contributed by atoms with van der Waals surface area (Å²) in [6.45, 7) is 2.14. The van der Waals surface area contributed by atoms with Crippen LogP contribution in [0.4, 0.5) is 5.69 Å². The van der Waals surface area contributed by atoms with E-state index in [1.807, 2.05) is 12.1 Å². The maximum absolute atomic E-state index is 11.9. The maximum Gasteiger partial charge on any atom is 0.242 e. The molecule has 0 radical (unpaired) electrons. The molecule has 1 aromatic carbocycles. The normalized spacial score (nSPS) is 13.5. The predicted octanol–water partition coefficient (Wildman–Crippen LogP) is 2.49. The number of rotatable bonds is 7. The number of thioether (sulfide) groups is 1. The van der Waals surface area contributed by atoms with Crippen LogP contribution in [-0.4, -0.2) is 44.9 Å². The molecule has 0 spiro atoms. The molecule has 0 aliphatic heterocycles. The Bertz CT molecular complexity index is 484. The molecular formula is C13H22N2O2S2. The van der Waals surface area contributed by atoms with Crippen molar-refractivity contribution in [1.29, 1.82) is 0 Å². The Labute approximate surface area is 120 Å². The van der Waals surface area contributed by atoms with Gasteiger partial charge >= 0.3 is 0 Å². The first-order chi connectivity index (χ1) is 8.91. The van der Waals surface area contributed by atoms with Gasteiger partial charge in [0.05, 0.1) is 4.90 Å². The zero-order chi connectivity index (χ0) is 14.5. The number of nitrogens with one attached hydrogen (secondary N) is 1. The van der Waals surface area contributed by atoms with Gasteiger partial charge in [-0.05, 0) is 36.9 Å². The molecule has 0 amide bonds. The van der Waals surface area contributed by atoms with Gasteiger partial charge in [0.25, 0.3) is 0 Å². The molecule has 1 unspecified atom stereocenters. The highest BCUT2D eigenvalue weighted by molar-refractivity contribution is 7.98. The molecule has 6 heteroatoms. The summed E-state index contributed by atoms with van der Waals surface area (Å²) in [5, 5.41) is 3.41. The summed E-state index contributed by atoms with van der Waals surface area (Å²) in [5.41, 5.74) is 0.957.